The molecule has 0 aromatic carbocycles. The summed E-state index contributed by atoms with van der Waals surface area (Å²) in [4.78, 5) is 16.2. The van der Waals surface area contributed by atoms with Crippen LogP contribution in [-0.2, 0) is 4.79 Å². The van der Waals surface area contributed by atoms with Crippen molar-refractivity contribution < 1.29 is 4.79 Å². The second-order valence-electron chi connectivity index (χ2n) is 5.70. The molecule has 0 aromatic heterocycles. The van der Waals surface area contributed by atoms with Crippen molar-refractivity contribution in [3.05, 3.63) is 0 Å². The van der Waals surface area contributed by atoms with Gasteiger partial charge in [-0.1, -0.05) is 13.8 Å². The molecule has 1 aliphatic heterocycles. The normalized spacial score (nSPS) is 20.6. The third-order valence-corrected chi connectivity index (χ3v) is 3.92. The zero-order valence-electron chi connectivity index (χ0n) is 12.2. The molecule has 0 spiro atoms. The Hall–Kier alpha value is -0.610. The van der Waals surface area contributed by atoms with Crippen molar-refractivity contribution in [3.8, 4) is 0 Å². The number of carbonyl (C=O) groups excluding carboxylic acids is 1. The molecule has 4 nitrogen and oxygen atoms in total. The molecule has 1 rings (SSSR count). The van der Waals surface area contributed by atoms with E-state index in [4.69, 9.17) is 5.73 Å². The number of amides is 1. The Morgan fingerprint density at radius 2 is 2.22 bits per heavy atom. The Morgan fingerprint density at radius 1 is 1.50 bits per heavy atom. The van der Waals surface area contributed by atoms with Gasteiger partial charge in [0.05, 0.1) is 0 Å². The van der Waals surface area contributed by atoms with E-state index in [0.717, 1.165) is 26.1 Å². The van der Waals surface area contributed by atoms with Gasteiger partial charge in [0.15, 0.2) is 0 Å². The quantitative estimate of drug-likeness (QED) is 0.746. The monoisotopic (exact) mass is 255 g/mol. The number of likely N-dealkylation sites (tertiary alicyclic amines) is 1. The minimum absolute atomic E-state index is 0.248. The SMILES string of the molecule is CC(C)C1CCCN1CCC(=O)N(C)CCCN. The Labute approximate surface area is 111 Å². The van der Waals surface area contributed by atoms with E-state index in [1.807, 2.05) is 11.9 Å². The first-order valence-electron chi connectivity index (χ1n) is 7.24. The van der Waals surface area contributed by atoms with Crippen molar-refractivity contribution in [2.24, 2.45) is 11.7 Å². The lowest BCUT2D eigenvalue weighted by molar-refractivity contribution is -0.130. The van der Waals surface area contributed by atoms with Crippen LogP contribution in [0.5, 0.6) is 0 Å². The van der Waals surface area contributed by atoms with Crippen molar-refractivity contribution in [3.63, 3.8) is 0 Å². The Bertz CT molecular complexity index is 255. The first-order chi connectivity index (χ1) is 8.56. The molecule has 0 aliphatic carbocycles. The third-order valence-electron chi connectivity index (χ3n) is 3.92. The fourth-order valence-electron chi connectivity index (χ4n) is 2.77. The lowest BCUT2D eigenvalue weighted by Crippen LogP contribution is -2.37. The first kappa shape index (κ1) is 15.4. The number of hydrogen-bond acceptors (Lipinski definition) is 3. The summed E-state index contributed by atoms with van der Waals surface area (Å²) in [5.41, 5.74) is 5.46. The van der Waals surface area contributed by atoms with Gasteiger partial charge < -0.3 is 10.6 Å². The minimum Gasteiger partial charge on any atom is -0.346 e. The van der Waals surface area contributed by atoms with Crippen molar-refractivity contribution >= 4 is 5.91 Å². The molecule has 1 atom stereocenters. The first-order valence-corrected chi connectivity index (χ1v) is 7.24. The summed E-state index contributed by atoms with van der Waals surface area (Å²) in [5, 5.41) is 0. The average Bonchev–Trinajstić information content (AvgIpc) is 2.81. The fourth-order valence-corrected chi connectivity index (χ4v) is 2.77. The van der Waals surface area contributed by atoms with Crippen LogP contribution in [0.4, 0.5) is 0 Å². The van der Waals surface area contributed by atoms with Gasteiger partial charge in [-0.3, -0.25) is 9.69 Å². The molecule has 4 heteroatoms. The molecule has 0 aromatic rings. The molecule has 0 saturated carbocycles. The van der Waals surface area contributed by atoms with Gasteiger partial charge in [0, 0.05) is 32.6 Å². The van der Waals surface area contributed by atoms with E-state index in [1.165, 1.54) is 12.8 Å². The molecular weight excluding hydrogens is 226 g/mol. The summed E-state index contributed by atoms with van der Waals surface area (Å²) in [6.45, 7) is 8.05. The van der Waals surface area contributed by atoms with Crippen molar-refractivity contribution in [1.29, 1.82) is 0 Å². The molecule has 1 saturated heterocycles. The van der Waals surface area contributed by atoms with Gasteiger partial charge in [0.1, 0.15) is 0 Å². The van der Waals surface area contributed by atoms with Gasteiger partial charge in [-0.25, -0.2) is 0 Å². The van der Waals surface area contributed by atoms with Crippen LogP contribution in [0.1, 0.15) is 39.5 Å². The summed E-state index contributed by atoms with van der Waals surface area (Å²) in [7, 11) is 1.88. The maximum atomic E-state index is 11.9. The summed E-state index contributed by atoms with van der Waals surface area (Å²) >= 11 is 0. The van der Waals surface area contributed by atoms with E-state index >= 15 is 0 Å². The van der Waals surface area contributed by atoms with Crippen molar-refractivity contribution in [1.82, 2.24) is 9.80 Å². The highest BCUT2D eigenvalue weighted by atomic mass is 16.2. The third kappa shape index (κ3) is 4.58. The van der Waals surface area contributed by atoms with Crippen molar-refractivity contribution in [2.75, 3.05) is 33.2 Å². The number of nitrogens with two attached hydrogens (primary N) is 1. The topological polar surface area (TPSA) is 49.6 Å². The van der Waals surface area contributed by atoms with Crippen LogP contribution < -0.4 is 5.73 Å². The van der Waals surface area contributed by atoms with Crippen LogP contribution in [0.3, 0.4) is 0 Å². The van der Waals surface area contributed by atoms with Crippen LogP contribution in [0, 0.1) is 5.92 Å². The molecule has 0 radical (unpaired) electrons. The fraction of sp³-hybridized carbons (Fsp3) is 0.929. The van der Waals surface area contributed by atoms with Gasteiger partial charge in [0.2, 0.25) is 5.91 Å². The number of nitrogens with zero attached hydrogens (tertiary/aromatic N) is 2. The zero-order chi connectivity index (χ0) is 13.5. The number of rotatable bonds is 7. The predicted molar refractivity (Wildman–Crippen MR) is 75.4 cm³/mol. The van der Waals surface area contributed by atoms with Gasteiger partial charge in [0.25, 0.3) is 0 Å². The van der Waals surface area contributed by atoms with E-state index in [0.29, 0.717) is 24.9 Å². The number of hydrogen-bond donors (Lipinski definition) is 1. The van der Waals surface area contributed by atoms with Gasteiger partial charge in [-0.05, 0) is 38.3 Å². The second-order valence-corrected chi connectivity index (χ2v) is 5.70. The lowest BCUT2D eigenvalue weighted by Gasteiger charge is -2.28. The second kappa shape index (κ2) is 7.74. The molecular formula is C14H29N3O. The predicted octanol–water partition coefficient (Wildman–Crippen LogP) is 1.30. The van der Waals surface area contributed by atoms with E-state index in [2.05, 4.69) is 18.7 Å². The van der Waals surface area contributed by atoms with Crippen LogP contribution in [0.25, 0.3) is 0 Å². The van der Waals surface area contributed by atoms with Crippen LogP contribution in [-0.4, -0.2) is 55.0 Å². The minimum atomic E-state index is 0.248. The lowest BCUT2D eigenvalue weighted by atomic mass is 10.0. The summed E-state index contributed by atoms with van der Waals surface area (Å²) in [6.07, 6.45) is 4.10. The van der Waals surface area contributed by atoms with Gasteiger partial charge >= 0.3 is 0 Å². The Kier molecular flexibility index (Phi) is 6.65. The molecule has 106 valence electrons. The molecule has 2 N–H and O–H groups in total. The molecule has 18 heavy (non-hydrogen) atoms. The zero-order valence-corrected chi connectivity index (χ0v) is 12.2. The van der Waals surface area contributed by atoms with Crippen molar-refractivity contribution in [2.45, 2.75) is 45.6 Å². The maximum absolute atomic E-state index is 11.9. The Balaban J connectivity index is 2.29. The van der Waals surface area contributed by atoms with Crippen LogP contribution in [0.2, 0.25) is 0 Å². The summed E-state index contributed by atoms with van der Waals surface area (Å²) < 4.78 is 0. The maximum Gasteiger partial charge on any atom is 0.223 e. The van der Waals surface area contributed by atoms with Crippen LogP contribution in [0.15, 0.2) is 0 Å². The molecule has 1 amide bonds. The standard InChI is InChI=1S/C14H29N3O/c1-12(2)13-6-4-10-17(13)11-7-14(18)16(3)9-5-8-15/h12-13H,4-11,15H2,1-3H3. The van der Waals surface area contributed by atoms with Gasteiger partial charge in [-0.15, -0.1) is 0 Å². The van der Waals surface area contributed by atoms with E-state index < -0.39 is 0 Å². The molecule has 1 fully saturated rings. The molecule has 1 aliphatic rings. The van der Waals surface area contributed by atoms with Crippen LogP contribution >= 0.6 is 0 Å². The van der Waals surface area contributed by atoms with E-state index in [-0.39, 0.29) is 5.91 Å². The molecule has 0 bridgehead atoms. The molecule has 1 heterocycles. The summed E-state index contributed by atoms with van der Waals surface area (Å²) in [5.74, 6) is 0.940. The highest BCUT2D eigenvalue weighted by molar-refractivity contribution is 5.76. The number of carbonyl (C=O) groups is 1. The highest BCUT2D eigenvalue weighted by Gasteiger charge is 2.27. The largest absolute Gasteiger partial charge is 0.346 e. The summed E-state index contributed by atoms with van der Waals surface area (Å²) in [6, 6.07) is 0.673. The smallest absolute Gasteiger partial charge is 0.223 e. The Morgan fingerprint density at radius 3 is 2.83 bits per heavy atom. The van der Waals surface area contributed by atoms with E-state index in [9.17, 15) is 4.79 Å². The molecule has 1 unspecified atom stereocenters. The van der Waals surface area contributed by atoms with E-state index in [1.54, 1.807) is 0 Å². The van der Waals surface area contributed by atoms with Gasteiger partial charge in [-0.2, -0.15) is 0 Å². The highest BCUT2D eigenvalue weighted by Crippen LogP contribution is 2.23. The average molecular weight is 255 g/mol.